The highest BCUT2D eigenvalue weighted by molar-refractivity contribution is 5.93. The average molecular weight is 430 g/mol. The number of benzene rings is 2. The molecule has 7 heteroatoms. The molecule has 3 heterocycles. The van der Waals surface area contributed by atoms with Gasteiger partial charge in [-0.15, -0.1) is 0 Å². The number of rotatable bonds is 5. The minimum Gasteiger partial charge on any atom is -0.445 e. The highest BCUT2D eigenvalue weighted by atomic mass is 19.1. The smallest absolute Gasteiger partial charge is 0.271 e. The minimum atomic E-state index is -0.369. The zero-order chi connectivity index (χ0) is 21.9. The van der Waals surface area contributed by atoms with Crippen molar-refractivity contribution in [3.63, 3.8) is 0 Å². The molecule has 1 amide bonds. The lowest BCUT2D eigenvalue weighted by atomic mass is 9.97. The van der Waals surface area contributed by atoms with E-state index in [1.165, 1.54) is 11.6 Å². The molecule has 0 aliphatic carbocycles. The van der Waals surface area contributed by atoms with Crippen molar-refractivity contribution in [3.8, 4) is 11.3 Å². The van der Waals surface area contributed by atoms with Gasteiger partial charge in [-0.1, -0.05) is 42.5 Å². The van der Waals surface area contributed by atoms with Crippen molar-refractivity contribution in [1.82, 2.24) is 20.1 Å². The normalized spacial score (nSPS) is 16.3. The summed E-state index contributed by atoms with van der Waals surface area (Å²) in [4.78, 5) is 19.3. The van der Waals surface area contributed by atoms with Crippen LogP contribution < -0.4 is 0 Å². The fourth-order valence-corrected chi connectivity index (χ4v) is 4.16. The monoisotopic (exact) mass is 430 g/mol. The van der Waals surface area contributed by atoms with Gasteiger partial charge in [-0.05, 0) is 36.6 Å². The molecule has 1 atom stereocenters. The minimum absolute atomic E-state index is 0.0474. The summed E-state index contributed by atoms with van der Waals surface area (Å²) >= 11 is 0. The molecule has 1 unspecified atom stereocenters. The van der Waals surface area contributed by atoms with Gasteiger partial charge in [0.25, 0.3) is 5.91 Å². The van der Waals surface area contributed by atoms with Crippen molar-refractivity contribution in [2.45, 2.75) is 25.2 Å². The number of aromatic amines is 1. The highest BCUT2D eigenvalue weighted by Gasteiger charge is 2.29. The molecule has 32 heavy (non-hydrogen) atoms. The van der Waals surface area contributed by atoms with Gasteiger partial charge < -0.3 is 9.32 Å². The Bertz CT molecular complexity index is 1220. The summed E-state index contributed by atoms with van der Waals surface area (Å²) in [5.74, 6) is 1.01. The predicted octanol–water partition coefficient (Wildman–Crippen LogP) is 4.81. The summed E-state index contributed by atoms with van der Waals surface area (Å²) in [5.41, 5.74) is 2.30. The van der Waals surface area contributed by atoms with E-state index >= 15 is 0 Å². The van der Waals surface area contributed by atoms with Gasteiger partial charge in [0.1, 0.15) is 17.3 Å². The van der Waals surface area contributed by atoms with E-state index in [0.717, 1.165) is 18.6 Å². The number of nitrogens with zero attached hydrogens (tertiary/aromatic N) is 3. The first-order valence-corrected chi connectivity index (χ1v) is 10.8. The fraction of sp³-hybridized carbons (Fsp3) is 0.240. The number of piperidine rings is 1. The van der Waals surface area contributed by atoms with Gasteiger partial charge in [-0.3, -0.25) is 9.89 Å². The Morgan fingerprint density at radius 2 is 1.97 bits per heavy atom. The molecule has 1 saturated heterocycles. The van der Waals surface area contributed by atoms with E-state index in [1.54, 1.807) is 35.4 Å². The number of carbonyl (C=O) groups is 1. The number of amides is 1. The Hall–Kier alpha value is -3.74. The summed E-state index contributed by atoms with van der Waals surface area (Å²) in [6.07, 6.45) is 4.24. The summed E-state index contributed by atoms with van der Waals surface area (Å²) in [5, 5.41) is 6.91. The maximum Gasteiger partial charge on any atom is 0.271 e. The summed E-state index contributed by atoms with van der Waals surface area (Å²) in [6, 6.07) is 18.1. The number of hydrogen-bond acceptors (Lipinski definition) is 4. The van der Waals surface area contributed by atoms with Crippen molar-refractivity contribution in [2.24, 2.45) is 0 Å². The zero-order valence-corrected chi connectivity index (χ0v) is 17.5. The van der Waals surface area contributed by atoms with Crippen LogP contribution in [-0.2, 0) is 6.42 Å². The molecule has 2 aromatic heterocycles. The number of likely N-dealkylation sites (tertiary alicyclic amines) is 1. The molecule has 162 valence electrons. The van der Waals surface area contributed by atoms with Crippen LogP contribution in [0.15, 0.2) is 71.3 Å². The maximum absolute atomic E-state index is 14.1. The van der Waals surface area contributed by atoms with Gasteiger partial charge in [0.2, 0.25) is 0 Å². The first kappa shape index (κ1) is 20.2. The number of H-pyrrole nitrogens is 1. The molecule has 0 bridgehead atoms. The van der Waals surface area contributed by atoms with Crippen LogP contribution in [0.2, 0.25) is 0 Å². The van der Waals surface area contributed by atoms with E-state index in [4.69, 9.17) is 4.42 Å². The first-order chi connectivity index (χ1) is 15.7. The molecule has 5 rings (SSSR count). The van der Waals surface area contributed by atoms with Crippen LogP contribution in [0.4, 0.5) is 4.39 Å². The molecule has 1 fully saturated rings. The maximum atomic E-state index is 14.1. The van der Waals surface area contributed by atoms with Gasteiger partial charge in [0.05, 0.1) is 17.8 Å². The quantitative estimate of drug-likeness (QED) is 0.493. The van der Waals surface area contributed by atoms with Crippen LogP contribution in [0.25, 0.3) is 11.3 Å². The van der Waals surface area contributed by atoms with Crippen molar-refractivity contribution in [3.05, 3.63) is 95.6 Å². The van der Waals surface area contributed by atoms with E-state index in [-0.39, 0.29) is 17.6 Å². The Morgan fingerprint density at radius 3 is 2.81 bits per heavy atom. The lowest BCUT2D eigenvalue weighted by molar-refractivity contribution is 0.0692. The van der Waals surface area contributed by atoms with Gasteiger partial charge in [0.15, 0.2) is 5.89 Å². The first-order valence-electron chi connectivity index (χ1n) is 10.8. The van der Waals surface area contributed by atoms with E-state index in [1.807, 2.05) is 18.2 Å². The summed E-state index contributed by atoms with van der Waals surface area (Å²) < 4.78 is 20.1. The van der Waals surface area contributed by atoms with Crippen molar-refractivity contribution in [1.29, 1.82) is 0 Å². The average Bonchev–Trinajstić information content (AvgIpc) is 3.50. The van der Waals surface area contributed by atoms with E-state index < -0.39 is 0 Å². The Labute approximate surface area is 185 Å². The Balaban J connectivity index is 1.27. The van der Waals surface area contributed by atoms with Gasteiger partial charge in [0, 0.05) is 25.1 Å². The largest absolute Gasteiger partial charge is 0.445 e. The van der Waals surface area contributed by atoms with Gasteiger partial charge >= 0.3 is 0 Å². The molecule has 1 aliphatic rings. The summed E-state index contributed by atoms with van der Waals surface area (Å²) in [6.45, 7) is 1.18. The highest BCUT2D eigenvalue weighted by Crippen LogP contribution is 2.28. The molecule has 1 N–H and O–H groups in total. The number of oxazole rings is 1. The number of hydrogen-bond donors (Lipinski definition) is 1. The SMILES string of the molecule is O=C(c1cc(-c2ccccc2F)n[nH]1)N1CCCC(c2ncc(Cc3ccccc3)o2)C1. The topological polar surface area (TPSA) is 75.0 Å². The molecular formula is C25H23FN4O2. The molecule has 0 saturated carbocycles. The molecule has 1 aliphatic heterocycles. The van der Waals surface area contributed by atoms with Crippen molar-refractivity contribution < 1.29 is 13.6 Å². The lowest BCUT2D eigenvalue weighted by Crippen LogP contribution is -2.39. The zero-order valence-electron chi connectivity index (χ0n) is 17.5. The number of nitrogens with one attached hydrogen (secondary N) is 1. The summed E-state index contributed by atoms with van der Waals surface area (Å²) in [7, 11) is 0. The third-order valence-corrected chi connectivity index (χ3v) is 5.81. The number of halogens is 1. The van der Waals surface area contributed by atoms with Crippen LogP contribution in [0.1, 0.15) is 46.5 Å². The third-order valence-electron chi connectivity index (χ3n) is 5.81. The molecule has 6 nitrogen and oxygen atoms in total. The molecule has 4 aromatic rings. The standard InChI is InChI=1S/C25H23FN4O2/c26-21-11-5-4-10-20(21)22-14-23(29-28-22)25(31)30-12-6-9-18(16-30)24-27-15-19(32-24)13-17-7-2-1-3-8-17/h1-5,7-8,10-11,14-15,18H,6,9,12-13,16H2,(H,28,29). The van der Waals surface area contributed by atoms with Crippen LogP contribution in [0.5, 0.6) is 0 Å². The lowest BCUT2D eigenvalue weighted by Gasteiger charge is -2.30. The van der Waals surface area contributed by atoms with E-state index in [9.17, 15) is 9.18 Å². The van der Waals surface area contributed by atoms with Gasteiger partial charge in [-0.25, -0.2) is 9.37 Å². The molecule has 0 spiro atoms. The van der Waals surface area contributed by atoms with Crippen LogP contribution in [0.3, 0.4) is 0 Å². The van der Waals surface area contributed by atoms with Crippen molar-refractivity contribution in [2.75, 3.05) is 13.1 Å². The van der Waals surface area contributed by atoms with E-state index in [2.05, 4.69) is 27.3 Å². The Kier molecular flexibility index (Phi) is 5.54. The number of carbonyl (C=O) groups excluding carboxylic acids is 1. The molecule has 2 aromatic carbocycles. The van der Waals surface area contributed by atoms with Crippen LogP contribution in [0, 0.1) is 5.82 Å². The Morgan fingerprint density at radius 1 is 1.16 bits per heavy atom. The van der Waals surface area contributed by atoms with Gasteiger partial charge in [-0.2, -0.15) is 5.10 Å². The van der Waals surface area contributed by atoms with Crippen LogP contribution in [-0.4, -0.2) is 39.1 Å². The number of aromatic nitrogens is 3. The van der Waals surface area contributed by atoms with E-state index in [0.29, 0.717) is 42.4 Å². The molecular weight excluding hydrogens is 407 g/mol. The fourth-order valence-electron chi connectivity index (χ4n) is 4.16. The second-order valence-corrected chi connectivity index (χ2v) is 8.06. The van der Waals surface area contributed by atoms with Crippen LogP contribution >= 0.6 is 0 Å². The molecule has 0 radical (unpaired) electrons. The third kappa shape index (κ3) is 4.19. The predicted molar refractivity (Wildman–Crippen MR) is 118 cm³/mol. The second-order valence-electron chi connectivity index (χ2n) is 8.06. The van der Waals surface area contributed by atoms with Crippen molar-refractivity contribution >= 4 is 5.91 Å². The second kappa shape index (κ2) is 8.78.